The minimum absolute atomic E-state index is 0.114. The maximum Gasteiger partial charge on any atom is 0.0836 e. The SMILES string of the molecule is COCCCOC(CCN)c1ccccc1. The summed E-state index contributed by atoms with van der Waals surface area (Å²) in [5.74, 6) is 0. The molecule has 0 fully saturated rings. The van der Waals surface area contributed by atoms with E-state index < -0.39 is 0 Å². The maximum atomic E-state index is 5.81. The molecule has 1 atom stereocenters. The fourth-order valence-electron chi connectivity index (χ4n) is 1.59. The number of hydrogen-bond donors (Lipinski definition) is 1. The predicted molar refractivity (Wildman–Crippen MR) is 65.3 cm³/mol. The average Bonchev–Trinajstić information content (AvgIpc) is 2.34. The molecule has 0 saturated carbocycles. The van der Waals surface area contributed by atoms with Crippen LogP contribution in [0.25, 0.3) is 0 Å². The quantitative estimate of drug-likeness (QED) is 0.687. The summed E-state index contributed by atoms with van der Waals surface area (Å²) in [7, 11) is 1.70. The van der Waals surface area contributed by atoms with Crippen LogP contribution in [0.3, 0.4) is 0 Å². The Bertz CT molecular complexity index is 264. The standard InChI is InChI=1S/C13H21NO2/c1-15-10-5-11-16-13(8-9-14)12-6-3-2-4-7-12/h2-4,6-7,13H,5,8-11,14H2,1H3. The Labute approximate surface area is 97.6 Å². The third kappa shape index (κ3) is 4.75. The molecule has 1 rings (SSSR count). The van der Waals surface area contributed by atoms with Crippen molar-refractivity contribution in [2.45, 2.75) is 18.9 Å². The van der Waals surface area contributed by atoms with Crippen molar-refractivity contribution in [2.75, 3.05) is 26.9 Å². The highest BCUT2D eigenvalue weighted by atomic mass is 16.5. The normalized spacial score (nSPS) is 12.6. The highest BCUT2D eigenvalue weighted by Gasteiger charge is 2.09. The van der Waals surface area contributed by atoms with Gasteiger partial charge in [0.25, 0.3) is 0 Å². The van der Waals surface area contributed by atoms with Gasteiger partial charge in [-0.25, -0.2) is 0 Å². The van der Waals surface area contributed by atoms with Gasteiger partial charge in [-0.2, -0.15) is 0 Å². The van der Waals surface area contributed by atoms with E-state index in [2.05, 4.69) is 12.1 Å². The van der Waals surface area contributed by atoms with Gasteiger partial charge in [0, 0.05) is 20.3 Å². The lowest BCUT2D eigenvalue weighted by Gasteiger charge is -2.17. The number of ether oxygens (including phenoxy) is 2. The second kappa shape index (κ2) is 8.28. The lowest BCUT2D eigenvalue weighted by molar-refractivity contribution is 0.0350. The molecule has 90 valence electrons. The molecule has 0 aliphatic carbocycles. The smallest absolute Gasteiger partial charge is 0.0836 e. The van der Waals surface area contributed by atoms with Gasteiger partial charge < -0.3 is 15.2 Å². The van der Waals surface area contributed by atoms with E-state index in [0.717, 1.165) is 19.4 Å². The van der Waals surface area contributed by atoms with E-state index in [9.17, 15) is 0 Å². The molecule has 0 saturated heterocycles. The Kier molecular flexibility index (Phi) is 6.81. The number of rotatable bonds is 8. The lowest BCUT2D eigenvalue weighted by Crippen LogP contribution is -2.12. The zero-order valence-electron chi connectivity index (χ0n) is 9.89. The van der Waals surface area contributed by atoms with E-state index in [4.69, 9.17) is 15.2 Å². The van der Waals surface area contributed by atoms with Crippen molar-refractivity contribution in [1.82, 2.24) is 0 Å². The van der Waals surface area contributed by atoms with E-state index in [1.165, 1.54) is 5.56 Å². The van der Waals surface area contributed by atoms with Crippen molar-refractivity contribution in [3.63, 3.8) is 0 Å². The van der Waals surface area contributed by atoms with Crippen LogP contribution < -0.4 is 5.73 Å². The summed E-state index contributed by atoms with van der Waals surface area (Å²) < 4.78 is 10.8. The number of nitrogens with two attached hydrogens (primary N) is 1. The van der Waals surface area contributed by atoms with Gasteiger partial charge in [0.05, 0.1) is 6.10 Å². The predicted octanol–water partition coefficient (Wildman–Crippen LogP) is 2.13. The first-order valence-electron chi connectivity index (χ1n) is 5.74. The largest absolute Gasteiger partial charge is 0.385 e. The molecule has 1 aromatic rings. The molecule has 2 N–H and O–H groups in total. The van der Waals surface area contributed by atoms with Gasteiger partial charge in [0.1, 0.15) is 0 Å². The van der Waals surface area contributed by atoms with Crippen LogP contribution in [0.2, 0.25) is 0 Å². The first-order chi connectivity index (χ1) is 7.88. The zero-order chi connectivity index (χ0) is 11.6. The highest BCUT2D eigenvalue weighted by Crippen LogP contribution is 2.20. The Morgan fingerprint density at radius 1 is 1.19 bits per heavy atom. The molecule has 0 aliphatic heterocycles. The van der Waals surface area contributed by atoms with E-state index in [1.807, 2.05) is 18.2 Å². The Balaban J connectivity index is 2.41. The monoisotopic (exact) mass is 223 g/mol. The molecule has 0 aliphatic rings. The van der Waals surface area contributed by atoms with Crippen LogP contribution in [0.15, 0.2) is 30.3 Å². The second-order valence-electron chi connectivity index (χ2n) is 3.69. The van der Waals surface area contributed by atoms with Crippen molar-refractivity contribution in [2.24, 2.45) is 5.73 Å². The summed E-state index contributed by atoms with van der Waals surface area (Å²) in [6.07, 6.45) is 1.89. The third-order valence-electron chi connectivity index (χ3n) is 2.41. The first kappa shape index (κ1) is 13.2. The van der Waals surface area contributed by atoms with Crippen molar-refractivity contribution in [3.05, 3.63) is 35.9 Å². The average molecular weight is 223 g/mol. The fourth-order valence-corrected chi connectivity index (χ4v) is 1.59. The van der Waals surface area contributed by atoms with E-state index in [1.54, 1.807) is 7.11 Å². The molecule has 1 unspecified atom stereocenters. The molecule has 0 amide bonds. The summed E-state index contributed by atoms with van der Waals surface area (Å²) in [4.78, 5) is 0. The zero-order valence-corrected chi connectivity index (χ0v) is 9.89. The number of benzene rings is 1. The van der Waals surface area contributed by atoms with E-state index >= 15 is 0 Å². The molecule has 1 aromatic carbocycles. The van der Waals surface area contributed by atoms with Gasteiger partial charge in [-0.15, -0.1) is 0 Å². The second-order valence-corrected chi connectivity index (χ2v) is 3.69. The van der Waals surface area contributed by atoms with Gasteiger partial charge in [-0.05, 0) is 24.9 Å². The molecule has 3 nitrogen and oxygen atoms in total. The van der Waals surface area contributed by atoms with Crippen LogP contribution in [-0.2, 0) is 9.47 Å². The molecular formula is C13H21NO2. The third-order valence-corrected chi connectivity index (χ3v) is 2.41. The van der Waals surface area contributed by atoms with Crippen LogP contribution in [0.1, 0.15) is 24.5 Å². The van der Waals surface area contributed by atoms with Gasteiger partial charge in [0.2, 0.25) is 0 Å². The topological polar surface area (TPSA) is 44.5 Å². The molecule has 0 heterocycles. The Morgan fingerprint density at radius 3 is 2.56 bits per heavy atom. The van der Waals surface area contributed by atoms with E-state index in [0.29, 0.717) is 13.2 Å². The Hall–Kier alpha value is -0.900. The highest BCUT2D eigenvalue weighted by molar-refractivity contribution is 5.17. The summed E-state index contributed by atoms with van der Waals surface area (Å²) in [5, 5.41) is 0. The van der Waals surface area contributed by atoms with Gasteiger partial charge >= 0.3 is 0 Å². The minimum Gasteiger partial charge on any atom is -0.385 e. The maximum absolute atomic E-state index is 5.81. The number of hydrogen-bond acceptors (Lipinski definition) is 3. The first-order valence-corrected chi connectivity index (χ1v) is 5.74. The molecule has 16 heavy (non-hydrogen) atoms. The van der Waals surface area contributed by atoms with Crippen molar-refractivity contribution < 1.29 is 9.47 Å². The molecule has 0 bridgehead atoms. The molecular weight excluding hydrogens is 202 g/mol. The summed E-state index contributed by atoms with van der Waals surface area (Å²) in [6.45, 7) is 2.10. The molecule has 0 spiro atoms. The molecule has 0 radical (unpaired) electrons. The van der Waals surface area contributed by atoms with Crippen LogP contribution in [0.5, 0.6) is 0 Å². The number of methoxy groups -OCH3 is 1. The van der Waals surface area contributed by atoms with Crippen LogP contribution >= 0.6 is 0 Å². The van der Waals surface area contributed by atoms with Crippen molar-refractivity contribution in [1.29, 1.82) is 0 Å². The summed E-state index contributed by atoms with van der Waals surface area (Å²) in [6, 6.07) is 10.2. The molecule has 3 heteroatoms. The van der Waals surface area contributed by atoms with Gasteiger partial charge in [-0.1, -0.05) is 30.3 Å². The van der Waals surface area contributed by atoms with Crippen molar-refractivity contribution >= 4 is 0 Å². The van der Waals surface area contributed by atoms with Crippen LogP contribution in [0, 0.1) is 0 Å². The minimum atomic E-state index is 0.114. The summed E-state index contributed by atoms with van der Waals surface area (Å²) in [5.41, 5.74) is 6.79. The van der Waals surface area contributed by atoms with Gasteiger partial charge in [-0.3, -0.25) is 0 Å². The van der Waals surface area contributed by atoms with Gasteiger partial charge in [0.15, 0.2) is 0 Å². The Morgan fingerprint density at radius 2 is 1.94 bits per heavy atom. The summed E-state index contributed by atoms with van der Waals surface area (Å²) >= 11 is 0. The van der Waals surface area contributed by atoms with Crippen LogP contribution in [-0.4, -0.2) is 26.9 Å². The molecule has 0 aromatic heterocycles. The van der Waals surface area contributed by atoms with Crippen LogP contribution in [0.4, 0.5) is 0 Å². The van der Waals surface area contributed by atoms with Crippen molar-refractivity contribution in [3.8, 4) is 0 Å². The lowest BCUT2D eigenvalue weighted by atomic mass is 10.1. The van der Waals surface area contributed by atoms with E-state index in [-0.39, 0.29) is 6.10 Å². The fraction of sp³-hybridized carbons (Fsp3) is 0.538.